The molecule has 1 heterocycles. The molecule has 0 amide bonds. The van der Waals surface area contributed by atoms with Crippen LogP contribution < -0.4 is 5.32 Å². The Morgan fingerprint density at radius 1 is 0.903 bits per heavy atom. The molecule has 0 aliphatic rings. The second-order valence-electron chi connectivity index (χ2n) is 6.65. The van der Waals surface area contributed by atoms with Gasteiger partial charge in [-0.25, -0.2) is 0 Å². The van der Waals surface area contributed by atoms with Crippen LogP contribution >= 0.6 is 35.0 Å². The van der Waals surface area contributed by atoms with Gasteiger partial charge in [0.2, 0.25) is 0 Å². The van der Waals surface area contributed by atoms with Gasteiger partial charge in [0.15, 0.2) is 16.8 Å². The summed E-state index contributed by atoms with van der Waals surface area (Å²) in [5.41, 5.74) is 2.43. The number of hydrogen-bond donors (Lipinski definition) is 1. The minimum atomic E-state index is 0.00267. The summed E-state index contributed by atoms with van der Waals surface area (Å²) in [6.45, 7) is 0.452. The first-order chi connectivity index (χ1) is 15.1. The summed E-state index contributed by atoms with van der Waals surface area (Å²) in [7, 11) is 0. The predicted molar refractivity (Wildman–Crippen MR) is 127 cm³/mol. The number of para-hydroxylation sites is 1. The smallest absolute Gasteiger partial charge is 0.196 e. The van der Waals surface area contributed by atoms with Crippen molar-refractivity contribution in [2.75, 3.05) is 11.1 Å². The fourth-order valence-electron chi connectivity index (χ4n) is 2.97. The summed E-state index contributed by atoms with van der Waals surface area (Å²) in [5.74, 6) is 0.976. The maximum absolute atomic E-state index is 12.6. The fraction of sp³-hybridized carbons (Fsp3) is 0.0870. The summed E-state index contributed by atoms with van der Waals surface area (Å²) in [4.78, 5) is 12.6. The minimum Gasteiger partial charge on any atom is -0.378 e. The molecule has 0 radical (unpaired) electrons. The van der Waals surface area contributed by atoms with Crippen LogP contribution in [0.3, 0.4) is 0 Å². The lowest BCUT2D eigenvalue weighted by Gasteiger charge is -2.11. The molecule has 1 aromatic heterocycles. The van der Waals surface area contributed by atoms with E-state index in [1.807, 2.05) is 59.2 Å². The second-order valence-corrected chi connectivity index (χ2v) is 8.47. The number of carbonyl (C=O) groups excluding carboxylic acids is 1. The van der Waals surface area contributed by atoms with Crippen molar-refractivity contribution in [3.05, 3.63) is 100 Å². The number of halogens is 2. The number of thioether (sulfide) groups is 1. The van der Waals surface area contributed by atoms with Crippen LogP contribution in [0.5, 0.6) is 0 Å². The van der Waals surface area contributed by atoms with Crippen molar-refractivity contribution >= 4 is 46.4 Å². The third-order valence-corrected chi connectivity index (χ3v) is 5.90. The van der Waals surface area contributed by atoms with Gasteiger partial charge in [-0.2, -0.15) is 0 Å². The van der Waals surface area contributed by atoms with Crippen LogP contribution in [-0.2, 0) is 6.54 Å². The van der Waals surface area contributed by atoms with Gasteiger partial charge in [0, 0.05) is 27.0 Å². The van der Waals surface area contributed by atoms with Gasteiger partial charge >= 0.3 is 0 Å². The zero-order valence-electron chi connectivity index (χ0n) is 16.3. The number of aromatic nitrogens is 3. The minimum absolute atomic E-state index is 0.00267. The number of benzene rings is 3. The Morgan fingerprint density at radius 2 is 1.68 bits per heavy atom. The number of nitrogens with one attached hydrogen (secondary N) is 1. The number of hydrogen-bond acceptors (Lipinski definition) is 5. The van der Waals surface area contributed by atoms with Crippen molar-refractivity contribution in [3.8, 4) is 5.69 Å². The molecular formula is C23H18Cl2N4OS. The Hall–Kier alpha value is -2.80. The highest BCUT2D eigenvalue weighted by Crippen LogP contribution is 2.24. The number of Topliss-reactive ketones (excluding diaryl/α,β-unsaturated/α-hetero) is 1. The monoisotopic (exact) mass is 468 g/mol. The summed E-state index contributed by atoms with van der Waals surface area (Å²) >= 11 is 13.3. The molecule has 156 valence electrons. The quantitative estimate of drug-likeness (QED) is 0.247. The Morgan fingerprint density at radius 3 is 2.42 bits per heavy atom. The maximum Gasteiger partial charge on any atom is 0.196 e. The number of ketones is 1. The van der Waals surface area contributed by atoms with Gasteiger partial charge in [-0.15, -0.1) is 10.2 Å². The average Bonchev–Trinajstić information content (AvgIpc) is 3.20. The third-order valence-electron chi connectivity index (χ3n) is 4.49. The van der Waals surface area contributed by atoms with E-state index in [1.165, 1.54) is 11.8 Å². The molecule has 0 fully saturated rings. The molecule has 0 atom stereocenters. The molecule has 3 aromatic carbocycles. The second kappa shape index (κ2) is 10.0. The van der Waals surface area contributed by atoms with E-state index in [9.17, 15) is 4.79 Å². The standard InChI is InChI=1S/C23H18Cl2N4OS/c24-17-11-9-16(10-12-17)21(30)15-31-23-28-27-22(29(23)20-7-2-1-3-8-20)14-26-19-6-4-5-18(25)13-19/h1-13,26H,14-15H2. The molecule has 0 saturated heterocycles. The highest BCUT2D eigenvalue weighted by atomic mass is 35.5. The van der Waals surface area contributed by atoms with Crippen LogP contribution in [0.4, 0.5) is 5.69 Å². The maximum atomic E-state index is 12.6. The largest absolute Gasteiger partial charge is 0.378 e. The SMILES string of the molecule is O=C(CSc1nnc(CNc2cccc(Cl)c2)n1-c1ccccc1)c1ccc(Cl)cc1. The average molecular weight is 469 g/mol. The van der Waals surface area contributed by atoms with Crippen molar-refractivity contribution < 1.29 is 4.79 Å². The predicted octanol–water partition coefficient (Wildman–Crippen LogP) is 6.16. The molecule has 0 bridgehead atoms. The Balaban J connectivity index is 1.54. The normalized spacial score (nSPS) is 10.8. The van der Waals surface area contributed by atoms with E-state index in [1.54, 1.807) is 24.3 Å². The highest BCUT2D eigenvalue weighted by Gasteiger charge is 2.16. The first-order valence-electron chi connectivity index (χ1n) is 9.51. The lowest BCUT2D eigenvalue weighted by molar-refractivity contribution is 0.102. The van der Waals surface area contributed by atoms with E-state index in [0.717, 1.165) is 17.2 Å². The van der Waals surface area contributed by atoms with E-state index in [-0.39, 0.29) is 11.5 Å². The first-order valence-corrected chi connectivity index (χ1v) is 11.2. The molecule has 0 saturated carbocycles. The van der Waals surface area contributed by atoms with Crippen LogP contribution in [0.15, 0.2) is 84.0 Å². The van der Waals surface area contributed by atoms with Crippen LogP contribution in [0, 0.1) is 0 Å². The van der Waals surface area contributed by atoms with Gasteiger partial charge in [-0.1, -0.05) is 59.2 Å². The molecule has 0 unspecified atom stereocenters. The van der Waals surface area contributed by atoms with E-state index in [4.69, 9.17) is 23.2 Å². The van der Waals surface area contributed by atoms with Gasteiger partial charge in [-0.05, 0) is 54.6 Å². The molecular weight excluding hydrogens is 451 g/mol. The van der Waals surface area contributed by atoms with Crippen LogP contribution in [0.2, 0.25) is 10.0 Å². The van der Waals surface area contributed by atoms with Gasteiger partial charge in [0.25, 0.3) is 0 Å². The number of nitrogens with zero attached hydrogens (tertiary/aromatic N) is 3. The van der Waals surface area contributed by atoms with Crippen molar-refractivity contribution in [1.82, 2.24) is 14.8 Å². The lowest BCUT2D eigenvalue weighted by Crippen LogP contribution is -2.09. The van der Waals surface area contributed by atoms with Crippen molar-refractivity contribution in [2.24, 2.45) is 0 Å². The topological polar surface area (TPSA) is 59.8 Å². The highest BCUT2D eigenvalue weighted by molar-refractivity contribution is 7.99. The molecule has 31 heavy (non-hydrogen) atoms. The summed E-state index contributed by atoms with van der Waals surface area (Å²) in [6.07, 6.45) is 0. The molecule has 0 aliphatic heterocycles. The van der Waals surface area contributed by atoms with Gasteiger partial charge in [0.1, 0.15) is 0 Å². The zero-order chi connectivity index (χ0) is 21.6. The molecule has 0 aliphatic carbocycles. The number of carbonyl (C=O) groups is 1. The molecule has 0 spiro atoms. The van der Waals surface area contributed by atoms with Crippen molar-refractivity contribution in [2.45, 2.75) is 11.7 Å². The first kappa shape index (κ1) is 21.4. The fourth-order valence-corrected chi connectivity index (χ4v) is 4.16. The van der Waals surface area contributed by atoms with Gasteiger partial charge in [-0.3, -0.25) is 9.36 Å². The summed E-state index contributed by atoms with van der Waals surface area (Å²) < 4.78 is 1.96. The molecule has 4 aromatic rings. The third kappa shape index (κ3) is 5.47. The van der Waals surface area contributed by atoms with Gasteiger partial charge in [0.05, 0.1) is 12.3 Å². The lowest BCUT2D eigenvalue weighted by atomic mass is 10.1. The Bertz CT molecular complexity index is 1180. The van der Waals surface area contributed by atoms with Gasteiger partial charge < -0.3 is 5.32 Å². The van der Waals surface area contributed by atoms with E-state index >= 15 is 0 Å². The Labute approximate surface area is 194 Å². The van der Waals surface area contributed by atoms with E-state index in [0.29, 0.717) is 27.3 Å². The number of anilines is 1. The molecule has 8 heteroatoms. The molecule has 4 rings (SSSR count). The summed E-state index contributed by atoms with van der Waals surface area (Å²) in [5, 5.41) is 13.9. The van der Waals surface area contributed by atoms with Crippen LogP contribution in [0.25, 0.3) is 5.69 Å². The molecule has 1 N–H and O–H groups in total. The van der Waals surface area contributed by atoms with Crippen LogP contribution in [-0.4, -0.2) is 26.3 Å². The zero-order valence-corrected chi connectivity index (χ0v) is 18.7. The van der Waals surface area contributed by atoms with Crippen LogP contribution in [0.1, 0.15) is 16.2 Å². The van der Waals surface area contributed by atoms with Crippen molar-refractivity contribution in [1.29, 1.82) is 0 Å². The van der Waals surface area contributed by atoms with E-state index < -0.39 is 0 Å². The molecule has 5 nitrogen and oxygen atoms in total. The van der Waals surface area contributed by atoms with Crippen molar-refractivity contribution in [3.63, 3.8) is 0 Å². The number of rotatable bonds is 8. The van der Waals surface area contributed by atoms with E-state index in [2.05, 4.69) is 15.5 Å². The Kier molecular flexibility index (Phi) is 6.92. The summed E-state index contributed by atoms with van der Waals surface area (Å²) in [6, 6.07) is 24.2.